The Morgan fingerprint density at radius 3 is 2.38 bits per heavy atom. The number of ketones is 1. The normalized spacial score (nSPS) is 11.4. The Morgan fingerprint density at radius 2 is 1.81 bits per heavy atom. The highest BCUT2D eigenvalue weighted by Gasteiger charge is 2.19. The zero-order valence-electron chi connectivity index (χ0n) is 12.0. The van der Waals surface area contributed by atoms with Gasteiger partial charge >= 0.3 is 0 Å². The molecule has 2 aromatic carbocycles. The van der Waals surface area contributed by atoms with Gasteiger partial charge in [-0.1, -0.05) is 42.5 Å². The first-order chi connectivity index (χ1) is 10.2. The summed E-state index contributed by atoms with van der Waals surface area (Å²) in [5.74, 6) is 0.0771. The number of rotatable bonds is 6. The highest BCUT2D eigenvalue weighted by molar-refractivity contribution is 5.88. The van der Waals surface area contributed by atoms with Crippen LogP contribution in [0, 0.1) is 11.3 Å². The SMILES string of the molecule is COc1ccc(CCC(=O)C(C#N)c2ccccc2)cc1. The second-order valence-corrected chi connectivity index (χ2v) is 4.79. The van der Waals surface area contributed by atoms with Crippen LogP contribution in [0.2, 0.25) is 0 Å². The number of hydrogen-bond acceptors (Lipinski definition) is 3. The average Bonchev–Trinajstić information content (AvgIpc) is 2.55. The first-order valence-electron chi connectivity index (χ1n) is 6.85. The Labute approximate surface area is 124 Å². The van der Waals surface area contributed by atoms with Crippen molar-refractivity contribution in [1.29, 1.82) is 5.26 Å². The molecule has 3 heteroatoms. The molecule has 0 radical (unpaired) electrons. The molecule has 0 saturated carbocycles. The van der Waals surface area contributed by atoms with E-state index in [2.05, 4.69) is 6.07 Å². The molecule has 0 saturated heterocycles. The van der Waals surface area contributed by atoms with Crippen LogP contribution < -0.4 is 4.74 Å². The first kappa shape index (κ1) is 14.8. The van der Waals surface area contributed by atoms with E-state index in [0.717, 1.165) is 16.9 Å². The summed E-state index contributed by atoms with van der Waals surface area (Å²) in [6.07, 6.45) is 0.993. The Bertz CT molecular complexity index is 627. The lowest BCUT2D eigenvalue weighted by molar-refractivity contribution is -0.119. The number of benzene rings is 2. The summed E-state index contributed by atoms with van der Waals surface area (Å²) >= 11 is 0. The standard InChI is InChI=1S/C18H17NO2/c1-21-16-10-7-14(8-11-16)9-12-18(20)17(13-19)15-5-3-2-4-6-15/h2-8,10-11,17H,9,12H2,1H3. The van der Waals surface area contributed by atoms with Gasteiger partial charge in [0, 0.05) is 6.42 Å². The summed E-state index contributed by atoms with van der Waals surface area (Å²) in [5, 5.41) is 9.23. The number of methoxy groups -OCH3 is 1. The molecule has 21 heavy (non-hydrogen) atoms. The van der Waals surface area contributed by atoms with Crippen LogP contribution in [0.15, 0.2) is 54.6 Å². The summed E-state index contributed by atoms with van der Waals surface area (Å²) in [6.45, 7) is 0. The van der Waals surface area contributed by atoms with Crippen LogP contribution in [0.4, 0.5) is 0 Å². The molecule has 106 valence electrons. The Hall–Kier alpha value is -2.60. The molecule has 0 aliphatic carbocycles. The van der Waals surface area contributed by atoms with Gasteiger partial charge in [-0.3, -0.25) is 4.79 Å². The van der Waals surface area contributed by atoms with E-state index in [1.807, 2.05) is 54.6 Å². The van der Waals surface area contributed by atoms with Gasteiger partial charge in [-0.25, -0.2) is 0 Å². The maximum Gasteiger partial charge on any atom is 0.154 e. The third-order valence-corrected chi connectivity index (χ3v) is 3.40. The van der Waals surface area contributed by atoms with Crippen molar-refractivity contribution in [3.05, 3.63) is 65.7 Å². The van der Waals surface area contributed by atoms with Crippen molar-refractivity contribution < 1.29 is 9.53 Å². The lowest BCUT2D eigenvalue weighted by Crippen LogP contribution is -2.11. The number of nitriles is 1. The second-order valence-electron chi connectivity index (χ2n) is 4.79. The molecule has 3 nitrogen and oxygen atoms in total. The fourth-order valence-corrected chi connectivity index (χ4v) is 2.18. The molecule has 0 spiro atoms. The van der Waals surface area contributed by atoms with E-state index in [9.17, 15) is 10.1 Å². The largest absolute Gasteiger partial charge is 0.497 e. The van der Waals surface area contributed by atoms with Crippen molar-refractivity contribution in [2.45, 2.75) is 18.8 Å². The Balaban J connectivity index is 1.98. The minimum absolute atomic E-state index is 0.0421. The van der Waals surface area contributed by atoms with Crippen molar-refractivity contribution in [3.8, 4) is 11.8 Å². The highest BCUT2D eigenvalue weighted by atomic mass is 16.5. The molecule has 0 N–H and O–H groups in total. The number of nitrogens with zero attached hydrogens (tertiary/aromatic N) is 1. The van der Waals surface area contributed by atoms with Crippen LogP contribution in [-0.4, -0.2) is 12.9 Å². The van der Waals surface area contributed by atoms with E-state index in [0.29, 0.717) is 12.8 Å². The summed E-state index contributed by atoms with van der Waals surface area (Å²) in [4.78, 5) is 12.2. The van der Waals surface area contributed by atoms with Gasteiger partial charge in [-0.15, -0.1) is 0 Å². The van der Waals surface area contributed by atoms with Crippen molar-refractivity contribution in [1.82, 2.24) is 0 Å². The maximum absolute atomic E-state index is 12.2. The molecule has 1 unspecified atom stereocenters. The molecule has 0 aliphatic rings. The van der Waals surface area contributed by atoms with Gasteiger partial charge in [0.05, 0.1) is 13.2 Å². The van der Waals surface area contributed by atoms with Gasteiger partial charge in [0.25, 0.3) is 0 Å². The predicted molar refractivity (Wildman–Crippen MR) is 81.1 cm³/mol. The number of aryl methyl sites for hydroxylation is 1. The summed E-state index contributed by atoms with van der Waals surface area (Å²) in [5.41, 5.74) is 1.83. The van der Waals surface area contributed by atoms with Crippen molar-refractivity contribution in [2.75, 3.05) is 7.11 Å². The minimum Gasteiger partial charge on any atom is -0.497 e. The number of ether oxygens (including phenoxy) is 1. The van der Waals surface area contributed by atoms with E-state index in [1.165, 1.54) is 0 Å². The molecule has 0 fully saturated rings. The topological polar surface area (TPSA) is 50.1 Å². The third kappa shape index (κ3) is 3.93. The third-order valence-electron chi connectivity index (χ3n) is 3.40. The number of hydrogen-bond donors (Lipinski definition) is 0. The monoisotopic (exact) mass is 279 g/mol. The van der Waals surface area contributed by atoms with Gasteiger partial charge in [-0.2, -0.15) is 5.26 Å². The van der Waals surface area contributed by atoms with Gasteiger partial charge < -0.3 is 4.74 Å². The van der Waals surface area contributed by atoms with Crippen LogP contribution in [-0.2, 0) is 11.2 Å². The summed E-state index contributed by atoms with van der Waals surface area (Å²) in [7, 11) is 1.62. The van der Waals surface area contributed by atoms with Gasteiger partial charge in [0.2, 0.25) is 0 Å². The van der Waals surface area contributed by atoms with Crippen LogP contribution in [0.5, 0.6) is 5.75 Å². The summed E-state index contributed by atoms with van der Waals surface area (Å²) < 4.78 is 5.10. The van der Waals surface area contributed by atoms with Gasteiger partial charge in [0.1, 0.15) is 11.7 Å². The maximum atomic E-state index is 12.2. The average molecular weight is 279 g/mol. The summed E-state index contributed by atoms with van der Waals surface area (Å²) in [6, 6.07) is 18.9. The van der Waals surface area contributed by atoms with Crippen molar-refractivity contribution >= 4 is 5.78 Å². The molecule has 0 heterocycles. The molecule has 0 amide bonds. The smallest absolute Gasteiger partial charge is 0.154 e. The fraction of sp³-hybridized carbons (Fsp3) is 0.222. The zero-order valence-corrected chi connectivity index (χ0v) is 12.0. The van der Waals surface area contributed by atoms with E-state index in [4.69, 9.17) is 4.74 Å². The fourth-order valence-electron chi connectivity index (χ4n) is 2.18. The number of carbonyl (C=O) groups excluding carboxylic acids is 1. The highest BCUT2D eigenvalue weighted by Crippen LogP contribution is 2.19. The molecule has 2 aromatic rings. The molecule has 0 aromatic heterocycles. The van der Waals surface area contributed by atoms with Crippen LogP contribution in [0.25, 0.3) is 0 Å². The quantitative estimate of drug-likeness (QED) is 0.813. The van der Waals surface area contributed by atoms with E-state index in [1.54, 1.807) is 7.11 Å². The molecular formula is C18H17NO2. The van der Waals surface area contributed by atoms with Gasteiger partial charge in [0.15, 0.2) is 5.78 Å². The first-order valence-corrected chi connectivity index (χ1v) is 6.85. The van der Waals surface area contributed by atoms with Crippen LogP contribution in [0.1, 0.15) is 23.5 Å². The van der Waals surface area contributed by atoms with Crippen molar-refractivity contribution in [2.24, 2.45) is 0 Å². The minimum atomic E-state index is -0.676. The van der Waals surface area contributed by atoms with E-state index < -0.39 is 5.92 Å². The zero-order chi connectivity index (χ0) is 15.1. The Kier molecular flexibility index (Phi) is 5.11. The molecular weight excluding hydrogens is 262 g/mol. The Morgan fingerprint density at radius 1 is 1.14 bits per heavy atom. The number of carbonyl (C=O) groups is 1. The second kappa shape index (κ2) is 7.25. The van der Waals surface area contributed by atoms with Crippen molar-refractivity contribution in [3.63, 3.8) is 0 Å². The van der Waals surface area contributed by atoms with E-state index in [-0.39, 0.29) is 5.78 Å². The number of Topliss-reactive ketones (excluding diaryl/α,β-unsaturated/α-hetero) is 1. The van der Waals surface area contributed by atoms with E-state index >= 15 is 0 Å². The molecule has 0 bridgehead atoms. The lowest BCUT2D eigenvalue weighted by Gasteiger charge is -2.08. The van der Waals surface area contributed by atoms with Crippen LogP contribution in [0.3, 0.4) is 0 Å². The molecule has 2 rings (SSSR count). The van der Waals surface area contributed by atoms with Gasteiger partial charge in [-0.05, 0) is 29.7 Å². The van der Waals surface area contributed by atoms with Crippen LogP contribution >= 0.6 is 0 Å². The predicted octanol–water partition coefficient (Wildman–Crippen LogP) is 3.50. The molecule has 1 atom stereocenters. The molecule has 0 aliphatic heterocycles. The lowest BCUT2D eigenvalue weighted by atomic mass is 9.92.